The first-order valence-corrected chi connectivity index (χ1v) is 8.77. The molecule has 2 rings (SSSR count). The standard InChI is InChI=1S/C16H24N4OS/c1-3-5-6-11-21-14-9-7-13(8-10-14)12-22-16-19-18-15(4-2)20(16)17/h7-10H,3-6,11-12,17H2,1-2H3. The van der Waals surface area contributed by atoms with E-state index < -0.39 is 0 Å². The molecule has 1 heterocycles. The van der Waals surface area contributed by atoms with Gasteiger partial charge in [0.15, 0.2) is 5.82 Å². The number of aryl methyl sites for hydroxylation is 1. The van der Waals surface area contributed by atoms with Crippen molar-refractivity contribution in [3.63, 3.8) is 0 Å². The maximum atomic E-state index is 5.93. The van der Waals surface area contributed by atoms with Crippen LogP contribution in [0.25, 0.3) is 0 Å². The van der Waals surface area contributed by atoms with Gasteiger partial charge in [0.1, 0.15) is 5.75 Å². The Kier molecular flexibility index (Phi) is 6.58. The largest absolute Gasteiger partial charge is 0.494 e. The molecule has 1 aromatic heterocycles. The van der Waals surface area contributed by atoms with Gasteiger partial charge in [-0.2, -0.15) is 0 Å². The van der Waals surface area contributed by atoms with Gasteiger partial charge in [-0.25, -0.2) is 4.68 Å². The molecule has 0 saturated heterocycles. The Balaban J connectivity index is 1.82. The highest BCUT2D eigenvalue weighted by atomic mass is 32.2. The quantitative estimate of drug-likeness (QED) is 0.436. The average Bonchev–Trinajstić information content (AvgIpc) is 2.91. The van der Waals surface area contributed by atoms with Crippen molar-refractivity contribution in [2.24, 2.45) is 0 Å². The molecule has 0 amide bonds. The summed E-state index contributed by atoms with van der Waals surface area (Å²) in [6.07, 6.45) is 4.33. The predicted octanol–water partition coefficient (Wildman–Crippen LogP) is 3.42. The number of nitrogens with zero attached hydrogens (tertiary/aromatic N) is 3. The molecule has 0 spiro atoms. The van der Waals surface area contributed by atoms with Gasteiger partial charge < -0.3 is 10.6 Å². The molecule has 0 saturated carbocycles. The Morgan fingerprint density at radius 2 is 1.91 bits per heavy atom. The van der Waals surface area contributed by atoms with Crippen LogP contribution in [0.3, 0.4) is 0 Å². The number of ether oxygens (including phenoxy) is 1. The maximum Gasteiger partial charge on any atom is 0.210 e. The fourth-order valence-corrected chi connectivity index (χ4v) is 2.85. The minimum Gasteiger partial charge on any atom is -0.494 e. The zero-order valence-corrected chi connectivity index (χ0v) is 14.1. The third kappa shape index (κ3) is 4.66. The molecule has 0 unspecified atom stereocenters. The summed E-state index contributed by atoms with van der Waals surface area (Å²) in [5, 5.41) is 8.91. The summed E-state index contributed by atoms with van der Waals surface area (Å²) in [6.45, 7) is 5.00. The molecule has 0 fully saturated rings. The second kappa shape index (κ2) is 8.68. The summed E-state index contributed by atoms with van der Waals surface area (Å²) in [4.78, 5) is 0. The van der Waals surface area contributed by atoms with Crippen molar-refractivity contribution in [2.45, 2.75) is 50.4 Å². The van der Waals surface area contributed by atoms with Crippen LogP contribution in [-0.4, -0.2) is 21.5 Å². The van der Waals surface area contributed by atoms with Gasteiger partial charge in [0.05, 0.1) is 6.61 Å². The van der Waals surface area contributed by atoms with Crippen molar-refractivity contribution in [1.29, 1.82) is 0 Å². The van der Waals surface area contributed by atoms with Crippen molar-refractivity contribution < 1.29 is 4.74 Å². The van der Waals surface area contributed by atoms with E-state index in [1.165, 1.54) is 18.4 Å². The molecule has 0 atom stereocenters. The van der Waals surface area contributed by atoms with Crippen molar-refractivity contribution in [2.75, 3.05) is 12.4 Å². The van der Waals surface area contributed by atoms with Gasteiger partial charge in [-0.3, -0.25) is 0 Å². The lowest BCUT2D eigenvalue weighted by Crippen LogP contribution is -2.13. The maximum absolute atomic E-state index is 5.93. The van der Waals surface area contributed by atoms with Gasteiger partial charge >= 0.3 is 0 Å². The van der Waals surface area contributed by atoms with Crippen LogP contribution in [0.5, 0.6) is 5.75 Å². The van der Waals surface area contributed by atoms with Crippen molar-refractivity contribution in [3.8, 4) is 5.75 Å². The number of nitrogen functional groups attached to an aromatic ring is 1. The summed E-state index contributed by atoms with van der Waals surface area (Å²) in [5.74, 6) is 8.48. The Hall–Kier alpha value is -1.69. The van der Waals surface area contributed by atoms with E-state index in [4.69, 9.17) is 10.6 Å². The van der Waals surface area contributed by atoms with Crippen LogP contribution in [0.15, 0.2) is 29.4 Å². The number of aromatic nitrogens is 3. The Morgan fingerprint density at radius 1 is 1.14 bits per heavy atom. The van der Waals surface area contributed by atoms with E-state index in [2.05, 4.69) is 29.3 Å². The average molecular weight is 320 g/mol. The molecule has 1 aromatic carbocycles. The first-order chi connectivity index (χ1) is 10.7. The molecule has 0 bridgehead atoms. The second-order valence-corrected chi connectivity index (χ2v) is 6.05. The van der Waals surface area contributed by atoms with Crippen molar-refractivity contribution in [1.82, 2.24) is 14.9 Å². The van der Waals surface area contributed by atoms with E-state index >= 15 is 0 Å². The van der Waals surface area contributed by atoms with Crippen LogP contribution >= 0.6 is 11.8 Å². The fraction of sp³-hybridized carbons (Fsp3) is 0.500. The highest BCUT2D eigenvalue weighted by molar-refractivity contribution is 7.98. The van der Waals surface area contributed by atoms with Gasteiger partial charge in [0.2, 0.25) is 5.16 Å². The SMILES string of the molecule is CCCCCOc1ccc(CSc2nnc(CC)n2N)cc1. The smallest absolute Gasteiger partial charge is 0.210 e. The molecule has 5 nitrogen and oxygen atoms in total. The molecular weight excluding hydrogens is 296 g/mol. The summed E-state index contributed by atoms with van der Waals surface area (Å²) in [6, 6.07) is 8.21. The number of unbranched alkanes of at least 4 members (excludes halogenated alkanes) is 2. The van der Waals surface area contributed by atoms with Crippen LogP contribution in [0.4, 0.5) is 0 Å². The normalized spacial score (nSPS) is 10.8. The molecular formula is C16H24N4OS. The van der Waals surface area contributed by atoms with E-state index in [0.29, 0.717) is 0 Å². The minimum atomic E-state index is 0.747. The molecule has 0 aliphatic heterocycles. The Bertz CT molecular complexity index is 568. The fourth-order valence-electron chi connectivity index (χ4n) is 2.02. The van der Waals surface area contributed by atoms with Crippen molar-refractivity contribution in [3.05, 3.63) is 35.7 Å². The number of hydrogen-bond acceptors (Lipinski definition) is 5. The monoisotopic (exact) mass is 320 g/mol. The van der Waals surface area contributed by atoms with Gasteiger partial charge in [0.25, 0.3) is 0 Å². The molecule has 0 aliphatic carbocycles. The van der Waals surface area contributed by atoms with E-state index in [1.807, 2.05) is 19.1 Å². The van der Waals surface area contributed by atoms with Crippen LogP contribution in [0.2, 0.25) is 0 Å². The summed E-state index contributed by atoms with van der Waals surface area (Å²) < 4.78 is 7.27. The molecule has 6 heteroatoms. The van der Waals surface area contributed by atoms with E-state index in [0.717, 1.165) is 41.9 Å². The molecule has 120 valence electrons. The second-order valence-electron chi connectivity index (χ2n) is 5.11. The number of nitrogens with two attached hydrogens (primary N) is 1. The minimum absolute atomic E-state index is 0.747. The zero-order chi connectivity index (χ0) is 15.8. The summed E-state index contributed by atoms with van der Waals surface area (Å²) >= 11 is 1.59. The topological polar surface area (TPSA) is 66.0 Å². The van der Waals surface area contributed by atoms with Gasteiger partial charge in [-0.1, -0.05) is 50.6 Å². The van der Waals surface area contributed by atoms with Crippen LogP contribution in [-0.2, 0) is 12.2 Å². The van der Waals surface area contributed by atoms with Crippen molar-refractivity contribution >= 4 is 11.8 Å². The predicted molar refractivity (Wildman–Crippen MR) is 90.6 cm³/mol. The third-order valence-electron chi connectivity index (χ3n) is 3.36. The van der Waals surface area contributed by atoms with E-state index in [1.54, 1.807) is 16.4 Å². The molecule has 0 radical (unpaired) electrons. The lowest BCUT2D eigenvalue weighted by molar-refractivity contribution is 0.306. The highest BCUT2D eigenvalue weighted by Crippen LogP contribution is 2.22. The van der Waals surface area contributed by atoms with E-state index in [-0.39, 0.29) is 0 Å². The summed E-state index contributed by atoms with van der Waals surface area (Å²) in [5.41, 5.74) is 1.21. The van der Waals surface area contributed by atoms with Crippen LogP contribution in [0, 0.1) is 0 Å². The van der Waals surface area contributed by atoms with E-state index in [9.17, 15) is 0 Å². The van der Waals surface area contributed by atoms with Gasteiger partial charge in [-0.15, -0.1) is 10.2 Å². The number of thioether (sulfide) groups is 1. The number of hydrogen-bond donors (Lipinski definition) is 1. The lowest BCUT2D eigenvalue weighted by atomic mass is 10.2. The molecule has 22 heavy (non-hydrogen) atoms. The molecule has 2 N–H and O–H groups in total. The lowest BCUT2D eigenvalue weighted by Gasteiger charge is -2.07. The first-order valence-electron chi connectivity index (χ1n) is 7.78. The third-order valence-corrected chi connectivity index (χ3v) is 4.37. The molecule has 2 aromatic rings. The van der Waals surface area contributed by atoms with Crippen LogP contribution in [0.1, 0.15) is 44.5 Å². The van der Waals surface area contributed by atoms with Crippen LogP contribution < -0.4 is 10.6 Å². The summed E-state index contributed by atoms with van der Waals surface area (Å²) in [7, 11) is 0. The number of rotatable bonds is 9. The Labute approximate surface area is 136 Å². The van der Waals surface area contributed by atoms with Gasteiger partial charge in [-0.05, 0) is 24.1 Å². The molecule has 0 aliphatic rings. The highest BCUT2D eigenvalue weighted by Gasteiger charge is 2.08. The zero-order valence-electron chi connectivity index (χ0n) is 13.3. The van der Waals surface area contributed by atoms with Gasteiger partial charge in [0, 0.05) is 12.2 Å². The Morgan fingerprint density at radius 3 is 2.55 bits per heavy atom. The number of benzene rings is 1. The first kappa shape index (κ1) is 16.7.